The summed E-state index contributed by atoms with van der Waals surface area (Å²) in [6.45, 7) is 0.384. The number of hydrogen-bond donors (Lipinski definition) is 1. The van der Waals surface area contributed by atoms with Crippen molar-refractivity contribution < 1.29 is 14.5 Å². The van der Waals surface area contributed by atoms with Crippen LogP contribution in [0.5, 0.6) is 5.75 Å². The number of carbonyl (C=O) groups is 1. The molecule has 9 nitrogen and oxygen atoms in total. The lowest BCUT2D eigenvalue weighted by molar-refractivity contribution is -0.384. The fourth-order valence-corrected chi connectivity index (χ4v) is 3.11. The topological polar surface area (TPSA) is 103 Å². The van der Waals surface area contributed by atoms with Crippen LogP contribution in [0.2, 0.25) is 0 Å². The molecule has 0 aliphatic rings. The van der Waals surface area contributed by atoms with E-state index in [0.717, 1.165) is 11.3 Å². The van der Waals surface area contributed by atoms with Crippen LogP contribution in [-0.4, -0.2) is 53.3 Å². The van der Waals surface area contributed by atoms with Gasteiger partial charge in [0.05, 0.1) is 35.5 Å². The number of carbonyl (C=O) groups excluding carboxylic acids is 1. The van der Waals surface area contributed by atoms with Gasteiger partial charge >= 0.3 is 0 Å². The molecule has 0 spiro atoms. The number of amides is 1. The van der Waals surface area contributed by atoms with Gasteiger partial charge in [-0.2, -0.15) is 5.10 Å². The maximum Gasteiger partial charge on any atom is 0.269 e. The van der Waals surface area contributed by atoms with Crippen molar-refractivity contribution in [2.24, 2.45) is 0 Å². The van der Waals surface area contributed by atoms with Gasteiger partial charge < -0.3 is 15.0 Å². The van der Waals surface area contributed by atoms with Crippen molar-refractivity contribution in [1.29, 1.82) is 0 Å². The highest BCUT2D eigenvalue weighted by Crippen LogP contribution is 2.27. The van der Waals surface area contributed by atoms with E-state index >= 15 is 0 Å². The predicted octanol–water partition coefficient (Wildman–Crippen LogP) is 2.82. The molecule has 2 aromatic carbocycles. The smallest absolute Gasteiger partial charge is 0.269 e. The standard InChI is InChI=1S/C21H23N5O4/c1-24(2)19(18-6-4-5-7-20(18)30-3)13-22-21(27)15-12-23-25(14-15)16-8-10-17(11-9-16)26(28)29/h4-12,14,19H,13H2,1-3H3,(H,22,27). The molecule has 9 heteroatoms. The predicted molar refractivity (Wildman–Crippen MR) is 112 cm³/mol. The summed E-state index contributed by atoms with van der Waals surface area (Å²) >= 11 is 0. The molecule has 156 valence electrons. The molecular weight excluding hydrogens is 386 g/mol. The number of non-ortho nitro benzene ring substituents is 1. The highest BCUT2D eigenvalue weighted by atomic mass is 16.6. The summed E-state index contributed by atoms with van der Waals surface area (Å²) < 4.78 is 6.95. The third-order valence-electron chi connectivity index (χ3n) is 4.75. The number of methoxy groups -OCH3 is 1. The van der Waals surface area contributed by atoms with Crippen molar-refractivity contribution in [1.82, 2.24) is 20.0 Å². The normalized spacial score (nSPS) is 11.9. The fourth-order valence-electron chi connectivity index (χ4n) is 3.11. The maximum atomic E-state index is 12.6. The molecule has 1 atom stereocenters. The van der Waals surface area contributed by atoms with Gasteiger partial charge in [0.15, 0.2) is 0 Å². The minimum atomic E-state index is -0.464. The van der Waals surface area contributed by atoms with Gasteiger partial charge in [-0.25, -0.2) is 4.68 Å². The molecule has 0 bridgehead atoms. The molecule has 0 saturated carbocycles. The Bertz CT molecular complexity index is 1030. The molecule has 1 amide bonds. The summed E-state index contributed by atoms with van der Waals surface area (Å²) in [6, 6.07) is 13.6. The Morgan fingerprint density at radius 1 is 1.23 bits per heavy atom. The summed E-state index contributed by atoms with van der Waals surface area (Å²) in [5, 5.41) is 17.9. The molecule has 0 fully saturated rings. The number of nitro benzene ring substituents is 1. The quantitative estimate of drug-likeness (QED) is 0.453. The van der Waals surface area contributed by atoms with E-state index in [2.05, 4.69) is 10.4 Å². The number of nitrogens with zero attached hydrogens (tertiary/aromatic N) is 4. The first kappa shape index (κ1) is 21.0. The Kier molecular flexibility index (Phi) is 6.43. The van der Waals surface area contributed by atoms with Gasteiger partial charge in [0.25, 0.3) is 11.6 Å². The molecule has 1 unspecified atom stereocenters. The number of nitro groups is 1. The van der Waals surface area contributed by atoms with Crippen LogP contribution < -0.4 is 10.1 Å². The second-order valence-corrected chi connectivity index (χ2v) is 6.88. The lowest BCUT2D eigenvalue weighted by atomic mass is 10.0. The largest absolute Gasteiger partial charge is 0.496 e. The van der Waals surface area contributed by atoms with Gasteiger partial charge in [0.2, 0.25) is 0 Å². The van der Waals surface area contributed by atoms with Crippen LogP contribution in [0.25, 0.3) is 5.69 Å². The van der Waals surface area contributed by atoms with Crippen LogP contribution in [0.1, 0.15) is 22.0 Å². The van der Waals surface area contributed by atoms with Gasteiger partial charge in [-0.05, 0) is 32.3 Å². The molecule has 1 N–H and O–H groups in total. The number of nitrogens with one attached hydrogen (secondary N) is 1. The minimum Gasteiger partial charge on any atom is -0.496 e. The van der Waals surface area contributed by atoms with Crippen LogP contribution >= 0.6 is 0 Å². The van der Waals surface area contributed by atoms with E-state index in [4.69, 9.17) is 4.74 Å². The van der Waals surface area contributed by atoms with E-state index < -0.39 is 4.92 Å². The van der Waals surface area contributed by atoms with Gasteiger partial charge in [-0.1, -0.05) is 18.2 Å². The average molecular weight is 409 g/mol. The van der Waals surface area contributed by atoms with Gasteiger partial charge in [-0.15, -0.1) is 0 Å². The molecule has 0 aliphatic carbocycles. The van der Waals surface area contributed by atoms with Crippen molar-refractivity contribution >= 4 is 11.6 Å². The second-order valence-electron chi connectivity index (χ2n) is 6.88. The van der Waals surface area contributed by atoms with Crippen molar-refractivity contribution in [3.8, 4) is 11.4 Å². The van der Waals surface area contributed by atoms with Crippen LogP contribution in [-0.2, 0) is 0 Å². The van der Waals surface area contributed by atoms with Crippen LogP contribution in [0.15, 0.2) is 60.9 Å². The zero-order valence-electron chi connectivity index (χ0n) is 17.0. The molecule has 3 rings (SSSR count). The van der Waals surface area contributed by atoms with Gasteiger partial charge in [-0.3, -0.25) is 14.9 Å². The molecule has 0 aliphatic heterocycles. The number of ether oxygens (including phenoxy) is 1. The first-order valence-electron chi connectivity index (χ1n) is 9.27. The number of benzene rings is 2. The van der Waals surface area contributed by atoms with E-state index in [1.165, 1.54) is 23.0 Å². The first-order chi connectivity index (χ1) is 14.4. The highest BCUT2D eigenvalue weighted by Gasteiger charge is 2.20. The lowest BCUT2D eigenvalue weighted by Crippen LogP contribution is -2.34. The van der Waals surface area contributed by atoms with E-state index in [1.807, 2.05) is 43.3 Å². The van der Waals surface area contributed by atoms with Crippen molar-refractivity contribution in [3.63, 3.8) is 0 Å². The van der Waals surface area contributed by atoms with Crippen molar-refractivity contribution in [3.05, 3.63) is 82.2 Å². The first-order valence-corrected chi connectivity index (χ1v) is 9.27. The van der Waals surface area contributed by atoms with E-state index in [0.29, 0.717) is 17.8 Å². The molecule has 0 saturated heterocycles. The summed E-state index contributed by atoms with van der Waals surface area (Å²) in [5.74, 6) is 0.501. The number of hydrogen-bond acceptors (Lipinski definition) is 6. The molecular formula is C21H23N5O4. The third-order valence-corrected chi connectivity index (χ3v) is 4.75. The van der Waals surface area contributed by atoms with Crippen LogP contribution in [0.3, 0.4) is 0 Å². The monoisotopic (exact) mass is 409 g/mol. The van der Waals surface area contributed by atoms with Crippen molar-refractivity contribution in [2.45, 2.75) is 6.04 Å². The summed E-state index contributed by atoms with van der Waals surface area (Å²) in [7, 11) is 5.50. The summed E-state index contributed by atoms with van der Waals surface area (Å²) in [4.78, 5) is 25.0. The SMILES string of the molecule is COc1ccccc1C(CNC(=O)c1cnn(-c2ccc([N+](=O)[O-])cc2)c1)N(C)C. The number of aromatic nitrogens is 2. The Hall–Kier alpha value is -3.72. The highest BCUT2D eigenvalue weighted by molar-refractivity contribution is 5.93. The van der Waals surface area contributed by atoms with Crippen LogP contribution in [0, 0.1) is 10.1 Å². The van der Waals surface area contributed by atoms with Gasteiger partial charge in [0.1, 0.15) is 5.75 Å². The average Bonchev–Trinajstić information content (AvgIpc) is 3.24. The number of para-hydroxylation sites is 1. The third kappa shape index (κ3) is 4.64. The van der Waals surface area contributed by atoms with Gasteiger partial charge in [0, 0.05) is 30.4 Å². The Labute approximate surface area is 174 Å². The van der Waals surface area contributed by atoms with E-state index in [-0.39, 0.29) is 17.6 Å². The number of likely N-dealkylation sites (N-methyl/N-ethyl adjacent to an activating group) is 1. The second kappa shape index (κ2) is 9.19. The molecule has 1 heterocycles. The number of rotatable bonds is 8. The van der Waals surface area contributed by atoms with Crippen molar-refractivity contribution in [2.75, 3.05) is 27.7 Å². The summed E-state index contributed by atoms with van der Waals surface area (Å²) in [5.41, 5.74) is 1.99. The Morgan fingerprint density at radius 3 is 2.57 bits per heavy atom. The maximum absolute atomic E-state index is 12.6. The zero-order chi connectivity index (χ0) is 21.7. The Balaban J connectivity index is 1.70. The fraction of sp³-hybridized carbons (Fsp3) is 0.238. The lowest BCUT2D eigenvalue weighted by Gasteiger charge is -2.26. The molecule has 30 heavy (non-hydrogen) atoms. The van der Waals surface area contributed by atoms with E-state index in [9.17, 15) is 14.9 Å². The van der Waals surface area contributed by atoms with E-state index in [1.54, 1.807) is 25.4 Å². The Morgan fingerprint density at radius 2 is 1.93 bits per heavy atom. The summed E-state index contributed by atoms with van der Waals surface area (Å²) in [6.07, 6.45) is 3.05. The van der Waals surface area contributed by atoms with Crippen LogP contribution in [0.4, 0.5) is 5.69 Å². The molecule has 0 radical (unpaired) electrons. The minimum absolute atomic E-state index is 0.00469. The zero-order valence-corrected chi connectivity index (χ0v) is 17.0. The molecule has 3 aromatic rings. The molecule has 1 aromatic heterocycles.